The van der Waals surface area contributed by atoms with Crippen molar-refractivity contribution in [3.05, 3.63) is 34.6 Å². The van der Waals surface area contributed by atoms with Crippen molar-refractivity contribution in [2.75, 3.05) is 38.3 Å². The first kappa shape index (κ1) is 24.7. The average molecular weight is 509 g/mol. The van der Waals surface area contributed by atoms with Gasteiger partial charge in [-0.25, -0.2) is 9.78 Å². The summed E-state index contributed by atoms with van der Waals surface area (Å²) >= 11 is 3.47. The number of methoxy groups -OCH3 is 1. The summed E-state index contributed by atoms with van der Waals surface area (Å²) in [6.07, 6.45) is 2.56. The highest BCUT2D eigenvalue weighted by Crippen LogP contribution is 2.37. The highest BCUT2D eigenvalue weighted by atomic mass is 79.9. The molecule has 1 aliphatic heterocycles. The molecule has 3 rings (SSSR count). The number of carbonyl (C=O) groups excluding carboxylic acids is 1. The van der Waals surface area contributed by atoms with Crippen LogP contribution in [0.25, 0.3) is 5.65 Å². The minimum atomic E-state index is -0.886. The lowest BCUT2D eigenvalue weighted by atomic mass is 9.92. The van der Waals surface area contributed by atoms with Gasteiger partial charge < -0.3 is 19.1 Å². The molecule has 1 atom stereocenters. The molecular formula is C23H33BrN4O4. The van der Waals surface area contributed by atoms with Crippen LogP contribution in [0.15, 0.2) is 23.3 Å². The topological polar surface area (TPSA) is 78.2 Å². The minimum absolute atomic E-state index is 0.216. The monoisotopic (exact) mass is 508 g/mol. The number of halogens is 1. The number of anilines is 1. The van der Waals surface area contributed by atoms with Gasteiger partial charge in [-0.1, -0.05) is 19.9 Å². The Bertz CT molecular complexity index is 967. The van der Waals surface area contributed by atoms with Crippen molar-refractivity contribution in [1.82, 2.24) is 14.6 Å². The highest BCUT2D eigenvalue weighted by Gasteiger charge is 2.36. The van der Waals surface area contributed by atoms with Gasteiger partial charge in [-0.2, -0.15) is 9.61 Å². The van der Waals surface area contributed by atoms with Crippen LogP contribution < -0.4 is 4.90 Å². The minimum Gasteiger partial charge on any atom is -0.467 e. The van der Waals surface area contributed by atoms with Gasteiger partial charge in [0, 0.05) is 24.8 Å². The predicted molar refractivity (Wildman–Crippen MR) is 127 cm³/mol. The second-order valence-electron chi connectivity index (χ2n) is 8.84. The molecule has 0 saturated carbocycles. The number of hydrogen-bond acceptors (Lipinski definition) is 7. The van der Waals surface area contributed by atoms with Gasteiger partial charge in [0.05, 0.1) is 31.5 Å². The molecule has 2 aromatic heterocycles. The number of fused-ring (bicyclic) bond motifs is 1. The van der Waals surface area contributed by atoms with Crippen LogP contribution in [0.1, 0.15) is 51.0 Å². The van der Waals surface area contributed by atoms with Crippen LogP contribution in [-0.4, -0.2) is 59.6 Å². The molecule has 1 aliphatic rings. The number of esters is 1. The number of aryl methyl sites for hydroxylation is 1. The van der Waals surface area contributed by atoms with E-state index >= 15 is 0 Å². The molecule has 32 heavy (non-hydrogen) atoms. The van der Waals surface area contributed by atoms with E-state index in [4.69, 9.17) is 19.2 Å². The van der Waals surface area contributed by atoms with Gasteiger partial charge in [-0.05, 0) is 48.5 Å². The van der Waals surface area contributed by atoms with Crippen molar-refractivity contribution >= 4 is 33.4 Å². The third kappa shape index (κ3) is 5.32. The average Bonchev–Trinajstić information content (AvgIpc) is 3.12. The maximum atomic E-state index is 12.8. The molecule has 0 radical (unpaired) electrons. The van der Waals surface area contributed by atoms with Crippen LogP contribution >= 0.6 is 15.9 Å². The first-order valence-electron chi connectivity index (χ1n) is 10.9. The zero-order valence-corrected chi connectivity index (χ0v) is 21.1. The van der Waals surface area contributed by atoms with E-state index in [-0.39, 0.29) is 11.5 Å². The number of carbonyl (C=O) groups is 1. The summed E-state index contributed by atoms with van der Waals surface area (Å²) in [6, 6.07) is 1.86. The molecular weight excluding hydrogens is 476 g/mol. The molecule has 3 heterocycles. The Kier molecular flexibility index (Phi) is 7.95. The van der Waals surface area contributed by atoms with E-state index in [0.29, 0.717) is 29.0 Å². The largest absolute Gasteiger partial charge is 0.467 e. The Morgan fingerprint density at radius 3 is 2.66 bits per heavy atom. The number of aromatic nitrogens is 3. The first-order chi connectivity index (χ1) is 15.2. The van der Waals surface area contributed by atoms with E-state index in [9.17, 15) is 4.79 Å². The van der Waals surface area contributed by atoms with E-state index in [1.54, 1.807) is 10.6 Å². The number of ether oxygens (including phenoxy) is 3. The fourth-order valence-electron chi connectivity index (χ4n) is 3.96. The van der Waals surface area contributed by atoms with E-state index in [1.807, 2.05) is 26.8 Å². The lowest BCUT2D eigenvalue weighted by Gasteiger charge is -2.41. The Morgan fingerprint density at radius 1 is 1.38 bits per heavy atom. The van der Waals surface area contributed by atoms with E-state index in [2.05, 4.69) is 39.4 Å². The molecule has 1 saturated heterocycles. The van der Waals surface area contributed by atoms with Gasteiger partial charge in [0.2, 0.25) is 0 Å². The molecule has 2 aromatic rings. The smallest absolute Gasteiger partial charge is 0.339 e. The zero-order chi connectivity index (χ0) is 23.5. The van der Waals surface area contributed by atoms with Gasteiger partial charge >= 0.3 is 5.97 Å². The predicted octanol–water partition coefficient (Wildman–Crippen LogP) is 4.25. The second-order valence-corrected chi connectivity index (χ2v) is 9.65. The van der Waals surface area contributed by atoms with E-state index in [1.165, 1.54) is 7.11 Å². The Labute approximate surface area is 198 Å². The molecule has 0 aliphatic carbocycles. The third-order valence-corrected chi connectivity index (χ3v) is 6.11. The van der Waals surface area contributed by atoms with Crippen molar-refractivity contribution in [2.24, 2.45) is 5.92 Å². The van der Waals surface area contributed by atoms with Gasteiger partial charge in [0.1, 0.15) is 10.4 Å². The van der Waals surface area contributed by atoms with Crippen molar-refractivity contribution in [3.63, 3.8) is 0 Å². The molecule has 9 heteroatoms. The molecule has 176 valence electrons. The quantitative estimate of drug-likeness (QED) is 0.370. The summed E-state index contributed by atoms with van der Waals surface area (Å²) in [5.41, 5.74) is 1.90. The molecule has 0 bridgehead atoms. The number of nitrogens with zero attached hydrogens (tertiary/aromatic N) is 4. The molecule has 0 amide bonds. The molecule has 1 fully saturated rings. The van der Waals surface area contributed by atoms with Crippen LogP contribution in [0, 0.1) is 12.8 Å². The van der Waals surface area contributed by atoms with Crippen LogP contribution in [0.3, 0.4) is 0 Å². The lowest BCUT2D eigenvalue weighted by Crippen LogP contribution is -2.45. The van der Waals surface area contributed by atoms with E-state index in [0.717, 1.165) is 37.4 Å². The third-order valence-electron chi connectivity index (χ3n) is 5.72. The van der Waals surface area contributed by atoms with Crippen molar-refractivity contribution in [3.8, 4) is 0 Å². The summed E-state index contributed by atoms with van der Waals surface area (Å²) in [6.45, 7) is 14.3. The molecule has 1 unspecified atom stereocenters. The fraction of sp³-hybridized carbons (Fsp3) is 0.609. The zero-order valence-electron chi connectivity index (χ0n) is 19.6. The molecule has 0 spiro atoms. The summed E-state index contributed by atoms with van der Waals surface area (Å²) in [5.74, 6) is 0.626. The molecule has 0 N–H and O–H groups in total. The van der Waals surface area contributed by atoms with Crippen LogP contribution in [0.4, 0.5) is 5.82 Å². The standard InChI is InChI=1S/C23H33BrN4O4/c1-7-12-32-23(5)8-10-27(11-9-23)21-19(20(22(29)30-6)31-14-15(2)3)16(4)25-18-13-17(24)26-28(18)21/h7,13,15,20H,1,8-12,14H2,2-6H3. The lowest BCUT2D eigenvalue weighted by molar-refractivity contribution is -0.155. The number of rotatable bonds is 9. The maximum Gasteiger partial charge on any atom is 0.339 e. The number of piperidine rings is 1. The molecule has 0 aromatic carbocycles. The Morgan fingerprint density at radius 2 is 2.06 bits per heavy atom. The highest BCUT2D eigenvalue weighted by molar-refractivity contribution is 9.10. The second kappa shape index (κ2) is 10.3. The molecule has 8 nitrogen and oxygen atoms in total. The van der Waals surface area contributed by atoms with Gasteiger partial charge in [-0.3, -0.25) is 0 Å². The van der Waals surface area contributed by atoms with Crippen molar-refractivity contribution < 1.29 is 19.0 Å². The summed E-state index contributed by atoms with van der Waals surface area (Å²) in [5, 5.41) is 4.62. The Balaban J connectivity index is 2.07. The Hall–Kier alpha value is -1.97. The van der Waals surface area contributed by atoms with Gasteiger partial charge in [0.25, 0.3) is 0 Å². The normalized spacial score (nSPS) is 17.0. The summed E-state index contributed by atoms with van der Waals surface area (Å²) < 4.78 is 19.7. The summed E-state index contributed by atoms with van der Waals surface area (Å²) in [4.78, 5) is 19.8. The number of hydrogen-bond donors (Lipinski definition) is 0. The summed E-state index contributed by atoms with van der Waals surface area (Å²) in [7, 11) is 1.38. The van der Waals surface area contributed by atoms with Crippen LogP contribution in [0.2, 0.25) is 0 Å². The SMILES string of the molecule is C=CCOC1(C)CCN(c2c(C(OCC(C)C)C(=O)OC)c(C)nc3cc(Br)nn23)CC1. The van der Waals surface area contributed by atoms with Crippen LogP contribution in [0.5, 0.6) is 0 Å². The van der Waals surface area contributed by atoms with Crippen LogP contribution in [-0.2, 0) is 19.0 Å². The first-order valence-corrected chi connectivity index (χ1v) is 11.7. The van der Waals surface area contributed by atoms with Gasteiger partial charge in [-0.15, -0.1) is 6.58 Å². The maximum absolute atomic E-state index is 12.8. The fourth-order valence-corrected chi connectivity index (χ4v) is 4.32. The van der Waals surface area contributed by atoms with Gasteiger partial charge in [0.15, 0.2) is 11.8 Å². The van der Waals surface area contributed by atoms with Crippen molar-refractivity contribution in [1.29, 1.82) is 0 Å². The van der Waals surface area contributed by atoms with E-state index < -0.39 is 12.1 Å². The van der Waals surface area contributed by atoms with Crippen molar-refractivity contribution in [2.45, 2.75) is 52.2 Å².